The Morgan fingerprint density at radius 1 is 0.459 bits per heavy atom. The maximum Gasteiger partial charge on any atom is 0.326 e. The molecule has 0 aromatic heterocycles. The predicted molar refractivity (Wildman–Crippen MR) is 312 cm³/mol. The number of aliphatic hydroxyl groups excluding tert-OH is 2. The highest BCUT2D eigenvalue weighted by Gasteiger charge is 2.38. The number of carboxylic acids is 1. The van der Waals surface area contributed by atoms with Gasteiger partial charge in [0.15, 0.2) is 0 Å². The normalized spacial score (nSPS) is 15.4. The third-order valence-electron chi connectivity index (χ3n) is 13.7. The number of phenolic OH excluding ortho intramolecular Hbond substituents is 1. The van der Waals surface area contributed by atoms with E-state index in [9.17, 15) is 73.2 Å². The van der Waals surface area contributed by atoms with Crippen molar-refractivity contribution in [1.82, 2.24) is 47.9 Å². The van der Waals surface area contributed by atoms with E-state index in [2.05, 4.69) is 47.9 Å². The van der Waals surface area contributed by atoms with E-state index < -0.39 is 151 Å². The summed E-state index contributed by atoms with van der Waals surface area (Å²) in [6.07, 6.45) is -2.60. The molecule has 0 radical (unpaired) electrons. The first-order valence-electron chi connectivity index (χ1n) is 28.2. The molecule has 0 saturated heterocycles. The van der Waals surface area contributed by atoms with Gasteiger partial charge in [-0.15, -0.1) is 0 Å². The minimum absolute atomic E-state index is 0.0410. The second kappa shape index (κ2) is 35.0. The number of phenols is 1. The Hall–Kier alpha value is -8.49. The standard InChI is InChI=1S/C59H85N11O15/c1-9-33(6)48(57(82)68-46(59(84)85)25-32(4)5)69-55(80)44(27-37-18-14-11-15-19-37)65-54(79)45(29-47(61)74)66-53(78)41(24-31(2)3)67-58(83)49(35(8)72)70-56(81)43(28-38-20-22-39(73)23-21-38)63-50(75)34(7)62-52(77)42(64-51(76)40(60)30-71)26-36-16-12-10-13-17-36/h10-23,31-35,40-46,48-49,71-73H,9,24-30,60H2,1-8H3,(H2,61,74)(H,62,77)(H,63,75)(H,64,76)(H,65,79)(H,66,78)(H,67,83)(H,68,82)(H,69,80)(H,70,81)(H,84,85)/t33-,34-,35+,40-,41-,42-,43-,44-,45-,46-,48-,49-/m0/s1. The molecule has 3 rings (SSSR count). The van der Waals surface area contributed by atoms with Gasteiger partial charge in [-0.2, -0.15) is 0 Å². The Bertz CT molecular complexity index is 2730. The number of aromatic hydroxyl groups is 1. The Labute approximate surface area is 494 Å². The highest BCUT2D eigenvalue weighted by molar-refractivity contribution is 5.99. The Morgan fingerprint density at radius 2 is 0.835 bits per heavy atom. The molecule has 0 unspecified atom stereocenters. The number of primary amides is 1. The van der Waals surface area contributed by atoms with Crippen LogP contribution < -0.4 is 59.3 Å². The van der Waals surface area contributed by atoms with Crippen LogP contribution in [0.25, 0.3) is 0 Å². The summed E-state index contributed by atoms with van der Waals surface area (Å²) in [5.74, 6) is -11.9. The van der Waals surface area contributed by atoms with Crippen LogP contribution in [0, 0.1) is 17.8 Å². The molecular formula is C59H85N11O15. The second-order valence-electron chi connectivity index (χ2n) is 22.0. The van der Waals surface area contributed by atoms with Crippen molar-refractivity contribution in [3.8, 4) is 5.75 Å². The van der Waals surface area contributed by atoms with Crippen LogP contribution in [0.4, 0.5) is 0 Å². The lowest BCUT2D eigenvalue weighted by atomic mass is 9.96. The van der Waals surface area contributed by atoms with Gasteiger partial charge >= 0.3 is 5.97 Å². The van der Waals surface area contributed by atoms with Crippen molar-refractivity contribution < 1.29 is 73.2 Å². The van der Waals surface area contributed by atoms with Gasteiger partial charge in [0, 0.05) is 19.3 Å². The molecule has 17 N–H and O–H groups in total. The number of hydrogen-bond acceptors (Lipinski definition) is 15. The van der Waals surface area contributed by atoms with E-state index in [1.165, 1.54) is 31.2 Å². The number of carbonyl (C=O) groups is 11. The van der Waals surface area contributed by atoms with Crippen LogP contribution in [0.15, 0.2) is 84.9 Å². The lowest BCUT2D eigenvalue weighted by Crippen LogP contribution is -2.62. The number of rotatable bonds is 35. The van der Waals surface area contributed by atoms with Crippen molar-refractivity contribution in [1.29, 1.82) is 0 Å². The molecule has 466 valence electrons. The minimum atomic E-state index is -1.83. The number of amides is 10. The zero-order chi connectivity index (χ0) is 63.7. The first kappa shape index (κ1) is 70.8. The van der Waals surface area contributed by atoms with E-state index in [0.717, 1.165) is 6.92 Å². The van der Waals surface area contributed by atoms with Crippen LogP contribution in [0.2, 0.25) is 0 Å². The van der Waals surface area contributed by atoms with E-state index in [1.807, 2.05) is 0 Å². The number of hydrogen-bond donors (Lipinski definition) is 15. The topological polar surface area (TPSA) is 429 Å². The number of aliphatic carboxylic acids is 1. The zero-order valence-electron chi connectivity index (χ0n) is 49.3. The summed E-state index contributed by atoms with van der Waals surface area (Å²) in [5.41, 5.74) is 12.9. The van der Waals surface area contributed by atoms with Crippen molar-refractivity contribution in [3.05, 3.63) is 102 Å². The molecule has 3 aromatic carbocycles. The molecular weight excluding hydrogens is 1100 g/mol. The van der Waals surface area contributed by atoms with Gasteiger partial charge in [0.2, 0.25) is 59.1 Å². The third-order valence-corrected chi connectivity index (χ3v) is 13.7. The van der Waals surface area contributed by atoms with Crippen LogP contribution in [0.5, 0.6) is 5.75 Å². The Morgan fingerprint density at radius 3 is 1.28 bits per heavy atom. The largest absolute Gasteiger partial charge is 0.508 e. The molecule has 0 aliphatic heterocycles. The second-order valence-corrected chi connectivity index (χ2v) is 22.0. The van der Waals surface area contributed by atoms with Gasteiger partial charge in [-0.3, -0.25) is 47.9 Å². The average molecular weight is 1190 g/mol. The van der Waals surface area contributed by atoms with Crippen molar-refractivity contribution >= 4 is 65.0 Å². The molecule has 0 bridgehead atoms. The molecule has 26 heteroatoms. The Kier molecular flexibility index (Phi) is 29.1. The van der Waals surface area contributed by atoms with E-state index in [-0.39, 0.29) is 49.7 Å². The average Bonchev–Trinajstić information content (AvgIpc) is 3.58. The van der Waals surface area contributed by atoms with E-state index in [1.54, 1.807) is 102 Å². The molecule has 26 nitrogen and oxygen atoms in total. The summed E-state index contributed by atoms with van der Waals surface area (Å²) >= 11 is 0. The van der Waals surface area contributed by atoms with E-state index >= 15 is 0 Å². The minimum Gasteiger partial charge on any atom is -0.508 e. The zero-order valence-corrected chi connectivity index (χ0v) is 49.3. The maximum absolute atomic E-state index is 14.3. The van der Waals surface area contributed by atoms with E-state index in [4.69, 9.17) is 11.5 Å². The molecule has 12 atom stereocenters. The number of nitrogens with one attached hydrogen (secondary N) is 9. The monoisotopic (exact) mass is 1190 g/mol. The van der Waals surface area contributed by atoms with Gasteiger partial charge in [-0.05, 0) is 73.3 Å². The number of benzene rings is 3. The molecule has 0 saturated carbocycles. The quantitative estimate of drug-likeness (QED) is 0.0322. The molecule has 0 fully saturated rings. The first-order valence-corrected chi connectivity index (χ1v) is 28.2. The van der Waals surface area contributed by atoms with Crippen LogP contribution in [-0.4, -0.2) is 159 Å². The number of nitrogens with two attached hydrogens (primary N) is 2. The van der Waals surface area contributed by atoms with Gasteiger partial charge < -0.3 is 79.7 Å². The van der Waals surface area contributed by atoms with Gasteiger partial charge in [-0.25, -0.2) is 4.79 Å². The summed E-state index contributed by atoms with van der Waals surface area (Å²) in [5, 5.41) is 62.9. The fourth-order valence-electron chi connectivity index (χ4n) is 8.72. The van der Waals surface area contributed by atoms with E-state index in [0.29, 0.717) is 23.1 Å². The highest BCUT2D eigenvalue weighted by atomic mass is 16.4. The summed E-state index contributed by atoms with van der Waals surface area (Å²) < 4.78 is 0. The first-order chi connectivity index (χ1) is 40.0. The summed E-state index contributed by atoms with van der Waals surface area (Å²) in [7, 11) is 0. The lowest BCUT2D eigenvalue weighted by molar-refractivity contribution is -0.143. The van der Waals surface area contributed by atoms with Crippen molar-refractivity contribution in [2.75, 3.05) is 6.61 Å². The molecule has 0 aliphatic rings. The lowest BCUT2D eigenvalue weighted by Gasteiger charge is -2.29. The van der Waals surface area contributed by atoms with Crippen LogP contribution >= 0.6 is 0 Å². The number of carboxylic acid groups (broad SMARTS) is 1. The van der Waals surface area contributed by atoms with Crippen LogP contribution in [0.3, 0.4) is 0 Å². The van der Waals surface area contributed by atoms with Crippen molar-refractivity contribution in [2.24, 2.45) is 29.2 Å². The maximum atomic E-state index is 14.3. The number of aliphatic hydroxyl groups is 2. The van der Waals surface area contributed by atoms with Gasteiger partial charge in [0.25, 0.3) is 0 Å². The summed E-state index contributed by atoms with van der Waals surface area (Å²) in [6, 6.07) is 7.87. The smallest absolute Gasteiger partial charge is 0.326 e. The molecule has 3 aromatic rings. The molecule has 0 heterocycles. The van der Waals surface area contributed by atoms with Crippen LogP contribution in [-0.2, 0) is 72.0 Å². The molecule has 0 aliphatic carbocycles. The molecule has 10 amide bonds. The van der Waals surface area contributed by atoms with Crippen molar-refractivity contribution in [3.63, 3.8) is 0 Å². The van der Waals surface area contributed by atoms with Crippen LogP contribution in [0.1, 0.15) is 97.8 Å². The third kappa shape index (κ3) is 24.3. The fraction of sp³-hybridized carbons (Fsp3) is 0.508. The predicted octanol–water partition coefficient (Wildman–Crippen LogP) is -1.40. The fourth-order valence-corrected chi connectivity index (χ4v) is 8.72. The van der Waals surface area contributed by atoms with Crippen molar-refractivity contribution in [2.45, 2.75) is 167 Å². The number of carbonyl (C=O) groups excluding carboxylic acids is 10. The Balaban J connectivity index is 1.91. The van der Waals surface area contributed by atoms with Gasteiger partial charge in [0.1, 0.15) is 66.2 Å². The molecule has 0 spiro atoms. The van der Waals surface area contributed by atoms with Gasteiger partial charge in [0.05, 0.1) is 19.1 Å². The SMILES string of the molecule is CC[C@H](C)[C@H](NC(=O)[C@H](Cc1ccccc1)NC(=O)[C@H](CC(N)=O)NC(=O)[C@H](CC(C)C)NC(=O)[C@@H](NC(=O)[C@H](Cc1ccc(O)cc1)NC(=O)[C@H](C)NC(=O)[C@H](Cc1ccccc1)NC(=O)[C@@H](N)CO)[C@@H](C)O)C(=O)N[C@@H](CC(C)C)C(=O)O. The summed E-state index contributed by atoms with van der Waals surface area (Å²) in [6.45, 7) is 12.2. The molecule has 85 heavy (non-hydrogen) atoms. The van der Waals surface area contributed by atoms with Gasteiger partial charge in [-0.1, -0.05) is 121 Å². The highest BCUT2D eigenvalue weighted by Crippen LogP contribution is 2.16. The summed E-state index contributed by atoms with van der Waals surface area (Å²) in [4.78, 5) is 150.